The lowest BCUT2D eigenvalue weighted by Crippen LogP contribution is -2.27. The van der Waals surface area contributed by atoms with Crippen molar-refractivity contribution in [2.24, 2.45) is 0 Å². The largest absolute Gasteiger partial charge is 0.396 e. The highest BCUT2D eigenvalue weighted by Gasteiger charge is 1.90. The monoisotopic (exact) mass is 174 g/mol. The van der Waals surface area contributed by atoms with Crippen LogP contribution in [0.1, 0.15) is 19.3 Å². The summed E-state index contributed by atoms with van der Waals surface area (Å²) in [4.78, 5) is 2.17. The van der Waals surface area contributed by atoms with Crippen molar-refractivity contribution in [3.8, 4) is 0 Å². The van der Waals surface area contributed by atoms with E-state index in [4.69, 9.17) is 5.11 Å². The van der Waals surface area contributed by atoms with Gasteiger partial charge in [-0.05, 0) is 39.9 Å². The Bertz CT molecular complexity index is 86.6. The Hall–Kier alpha value is -0.120. The quantitative estimate of drug-likeness (QED) is 0.520. The molecular weight excluding hydrogens is 152 g/mol. The first-order valence-corrected chi connectivity index (χ1v) is 4.73. The van der Waals surface area contributed by atoms with Crippen molar-refractivity contribution >= 4 is 0 Å². The highest BCUT2D eigenvalue weighted by atomic mass is 16.2. The molecule has 0 aliphatic rings. The number of hydrogen-bond acceptors (Lipinski definition) is 3. The number of nitrogens with zero attached hydrogens (tertiary/aromatic N) is 1. The fourth-order valence-electron chi connectivity index (χ4n) is 0.966. The van der Waals surface area contributed by atoms with Gasteiger partial charge in [0.25, 0.3) is 0 Å². The van der Waals surface area contributed by atoms with Crippen molar-refractivity contribution < 1.29 is 5.11 Å². The average Bonchev–Trinajstić information content (AvgIpc) is 2.02. The van der Waals surface area contributed by atoms with E-state index in [1.807, 2.05) is 0 Å². The third kappa shape index (κ3) is 9.88. The van der Waals surface area contributed by atoms with Crippen LogP contribution in [0.4, 0.5) is 0 Å². The van der Waals surface area contributed by atoms with Crippen molar-refractivity contribution in [2.45, 2.75) is 19.3 Å². The smallest absolute Gasteiger partial charge is 0.0431 e. The van der Waals surface area contributed by atoms with Gasteiger partial charge >= 0.3 is 0 Å². The predicted octanol–water partition coefficient (Wildman–Crippen LogP) is 0.300. The molecule has 3 heteroatoms. The normalized spacial score (nSPS) is 11.0. The Morgan fingerprint density at radius 3 is 2.42 bits per heavy atom. The second-order valence-electron chi connectivity index (χ2n) is 3.34. The summed E-state index contributed by atoms with van der Waals surface area (Å²) in [5, 5.41) is 11.9. The summed E-state index contributed by atoms with van der Waals surface area (Å²) in [6.45, 7) is 3.57. The van der Waals surface area contributed by atoms with E-state index in [-0.39, 0.29) is 0 Å². The zero-order valence-electron chi connectivity index (χ0n) is 8.34. The van der Waals surface area contributed by atoms with Crippen LogP contribution in [-0.2, 0) is 0 Å². The number of unbranched alkanes of at least 4 members (excludes halogenated alkanes) is 2. The lowest BCUT2D eigenvalue weighted by Gasteiger charge is -2.09. The van der Waals surface area contributed by atoms with Crippen molar-refractivity contribution in [3.05, 3.63) is 0 Å². The van der Waals surface area contributed by atoms with Gasteiger partial charge in [0.15, 0.2) is 0 Å². The molecule has 0 radical (unpaired) electrons. The van der Waals surface area contributed by atoms with Crippen LogP contribution < -0.4 is 5.32 Å². The summed E-state index contributed by atoms with van der Waals surface area (Å²) in [5.41, 5.74) is 0. The van der Waals surface area contributed by atoms with Crippen LogP contribution in [-0.4, -0.2) is 50.3 Å². The van der Waals surface area contributed by atoms with Crippen LogP contribution in [0.2, 0.25) is 0 Å². The number of likely N-dealkylation sites (N-methyl/N-ethyl adjacent to an activating group) is 1. The molecule has 0 atom stereocenters. The molecule has 2 N–H and O–H groups in total. The molecule has 0 aliphatic heterocycles. The molecule has 0 bridgehead atoms. The average molecular weight is 174 g/mol. The first-order valence-electron chi connectivity index (χ1n) is 4.73. The van der Waals surface area contributed by atoms with E-state index in [1.165, 1.54) is 6.42 Å². The van der Waals surface area contributed by atoms with E-state index >= 15 is 0 Å². The van der Waals surface area contributed by atoms with Crippen molar-refractivity contribution in [1.29, 1.82) is 0 Å². The molecule has 0 aliphatic carbocycles. The highest BCUT2D eigenvalue weighted by molar-refractivity contribution is 4.51. The van der Waals surface area contributed by atoms with Gasteiger partial charge in [-0.25, -0.2) is 0 Å². The van der Waals surface area contributed by atoms with Crippen LogP contribution in [0.3, 0.4) is 0 Å². The third-order valence-corrected chi connectivity index (χ3v) is 1.75. The zero-order valence-corrected chi connectivity index (χ0v) is 8.34. The maximum absolute atomic E-state index is 8.51. The Kier molecular flexibility index (Phi) is 8.88. The summed E-state index contributed by atoms with van der Waals surface area (Å²) in [7, 11) is 4.15. The van der Waals surface area contributed by atoms with E-state index in [9.17, 15) is 0 Å². The number of hydrogen-bond donors (Lipinski definition) is 2. The maximum Gasteiger partial charge on any atom is 0.0431 e. The Balaban J connectivity index is 2.82. The van der Waals surface area contributed by atoms with Crippen LogP contribution in [0.15, 0.2) is 0 Å². The van der Waals surface area contributed by atoms with Crippen LogP contribution >= 0.6 is 0 Å². The molecule has 0 aromatic heterocycles. The first-order chi connectivity index (χ1) is 5.77. The maximum atomic E-state index is 8.51. The zero-order chi connectivity index (χ0) is 9.23. The van der Waals surface area contributed by atoms with Gasteiger partial charge in [0.05, 0.1) is 0 Å². The predicted molar refractivity (Wildman–Crippen MR) is 52.4 cm³/mol. The molecule has 74 valence electrons. The van der Waals surface area contributed by atoms with Gasteiger partial charge in [0.2, 0.25) is 0 Å². The third-order valence-electron chi connectivity index (χ3n) is 1.75. The molecule has 0 rings (SSSR count). The van der Waals surface area contributed by atoms with Gasteiger partial charge in [-0.15, -0.1) is 0 Å². The number of nitrogens with one attached hydrogen (secondary N) is 1. The molecule has 0 saturated carbocycles. The molecule has 0 aromatic carbocycles. The van der Waals surface area contributed by atoms with E-state index in [0.29, 0.717) is 6.61 Å². The van der Waals surface area contributed by atoms with Gasteiger partial charge in [0.1, 0.15) is 0 Å². The molecule has 12 heavy (non-hydrogen) atoms. The van der Waals surface area contributed by atoms with E-state index < -0.39 is 0 Å². The lowest BCUT2D eigenvalue weighted by atomic mass is 10.2. The topological polar surface area (TPSA) is 35.5 Å². The van der Waals surface area contributed by atoms with Crippen molar-refractivity contribution in [3.63, 3.8) is 0 Å². The lowest BCUT2D eigenvalue weighted by molar-refractivity contribution is 0.282. The van der Waals surface area contributed by atoms with Crippen molar-refractivity contribution in [2.75, 3.05) is 40.3 Å². The van der Waals surface area contributed by atoms with Gasteiger partial charge in [-0.1, -0.05) is 0 Å². The number of rotatable bonds is 8. The standard InChI is InChI=1S/C9H22N2O/c1-11(2)8-7-10-6-4-3-5-9-12/h10,12H,3-9H2,1-2H3. The summed E-state index contributed by atoms with van der Waals surface area (Å²) in [6.07, 6.45) is 3.24. The minimum absolute atomic E-state index is 0.331. The highest BCUT2D eigenvalue weighted by Crippen LogP contribution is 1.91. The molecule has 0 heterocycles. The van der Waals surface area contributed by atoms with Gasteiger partial charge in [0, 0.05) is 19.7 Å². The summed E-state index contributed by atoms with van der Waals surface area (Å²) in [6, 6.07) is 0. The van der Waals surface area contributed by atoms with E-state index in [1.54, 1.807) is 0 Å². The summed E-state index contributed by atoms with van der Waals surface area (Å²) >= 11 is 0. The molecule has 0 unspecified atom stereocenters. The fraction of sp³-hybridized carbons (Fsp3) is 1.00. The van der Waals surface area contributed by atoms with E-state index in [0.717, 1.165) is 32.5 Å². The Labute approximate surface area is 75.8 Å². The van der Waals surface area contributed by atoms with E-state index in [2.05, 4.69) is 24.3 Å². The second-order valence-corrected chi connectivity index (χ2v) is 3.34. The van der Waals surface area contributed by atoms with Gasteiger partial charge in [-0.3, -0.25) is 0 Å². The van der Waals surface area contributed by atoms with Crippen molar-refractivity contribution in [1.82, 2.24) is 10.2 Å². The van der Waals surface area contributed by atoms with Crippen LogP contribution in [0, 0.1) is 0 Å². The minimum Gasteiger partial charge on any atom is -0.396 e. The molecule has 0 aromatic rings. The molecule has 0 spiro atoms. The molecule has 3 nitrogen and oxygen atoms in total. The summed E-state index contributed by atoms with van der Waals surface area (Å²) < 4.78 is 0. The summed E-state index contributed by atoms with van der Waals surface area (Å²) in [5.74, 6) is 0. The molecule has 0 saturated heterocycles. The first kappa shape index (κ1) is 11.9. The van der Waals surface area contributed by atoms with Crippen LogP contribution in [0.25, 0.3) is 0 Å². The fourth-order valence-corrected chi connectivity index (χ4v) is 0.966. The Morgan fingerprint density at radius 2 is 1.83 bits per heavy atom. The number of aliphatic hydroxyl groups is 1. The second kappa shape index (κ2) is 8.97. The van der Waals surface area contributed by atoms with Gasteiger partial charge in [-0.2, -0.15) is 0 Å². The molecular formula is C9H22N2O. The van der Waals surface area contributed by atoms with Crippen LogP contribution in [0.5, 0.6) is 0 Å². The number of aliphatic hydroxyl groups excluding tert-OH is 1. The minimum atomic E-state index is 0.331. The Morgan fingerprint density at radius 1 is 1.08 bits per heavy atom. The SMILES string of the molecule is CN(C)CCNCCCCCO. The molecule has 0 amide bonds. The van der Waals surface area contributed by atoms with Gasteiger partial charge < -0.3 is 15.3 Å². The molecule has 0 fully saturated rings.